The second kappa shape index (κ2) is 4.22. The van der Waals surface area contributed by atoms with Gasteiger partial charge in [-0.3, -0.25) is 5.41 Å². The molecule has 0 amide bonds. The number of piperidine rings is 1. The summed E-state index contributed by atoms with van der Waals surface area (Å²) in [5.74, 6) is 0. The fraction of sp³-hybridized carbons (Fsp3) is 0.462. The molecule has 2 fully saturated rings. The lowest BCUT2D eigenvalue weighted by atomic mass is 9.94. The number of benzene rings is 1. The van der Waals surface area contributed by atoms with Crippen molar-refractivity contribution in [2.75, 3.05) is 6.54 Å². The maximum Gasteiger partial charge on any atom is 0.285 e. The molecule has 1 aromatic carbocycles. The number of halogens is 1. The van der Waals surface area contributed by atoms with Crippen molar-refractivity contribution in [2.45, 2.75) is 31.4 Å². The minimum Gasteiger partial charge on any atom is -0.455 e. The molecule has 2 atom stereocenters. The molecule has 1 N–H and O–H groups in total. The predicted molar refractivity (Wildman–Crippen MR) is 67.3 cm³/mol. The Kier molecular flexibility index (Phi) is 2.71. The summed E-state index contributed by atoms with van der Waals surface area (Å²) in [6.45, 7) is 0.952. The smallest absolute Gasteiger partial charge is 0.285 e. The van der Waals surface area contributed by atoms with Gasteiger partial charge in [0.15, 0.2) is 0 Å². The maximum absolute atomic E-state index is 7.87. The van der Waals surface area contributed by atoms with E-state index in [0.717, 1.165) is 30.0 Å². The highest BCUT2D eigenvalue weighted by Crippen LogP contribution is 2.37. The van der Waals surface area contributed by atoms with Gasteiger partial charge in [-0.15, -0.1) is 0 Å². The monoisotopic (exact) mass is 250 g/mol. The molecule has 0 aromatic heterocycles. The van der Waals surface area contributed by atoms with E-state index in [0.29, 0.717) is 12.1 Å². The summed E-state index contributed by atoms with van der Waals surface area (Å²) in [7, 11) is 0. The van der Waals surface area contributed by atoms with Crippen LogP contribution in [0.3, 0.4) is 0 Å². The number of nitrogens with zero attached hydrogens (tertiary/aromatic N) is 1. The molecule has 0 spiro atoms. The first-order chi connectivity index (χ1) is 8.25. The van der Waals surface area contributed by atoms with E-state index in [4.69, 9.17) is 21.7 Å². The molecule has 17 heavy (non-hydrogen) atoms. The van der Waals surface area contributed by atoms with E-state index in [1.807, 2.05) is 24.3 Å². The molecule has 2 aliphatic rings. The molecule has 3 nitrogen and oxygen atoms in total. The fourth-order valence-electron chi connectivity index (χ4n) is 2.73. The van der Waals surface area contributed by atoms with Crippen LogP contribution in [0.25, 0.3) is 0 Å². The Morgan fingerprint density at radius 3 is 2.76 bits per heavy atom. The van der Waals surface area contributed by atoms with Crippen LogP contribution in [0, 0.1) is 5.41 Å². The molecule has 2 aliphatic heterocycles. The van der Waals surface area contributed by atoms with Crippen molar-refractivity contribution in [3.05, 3.63) is 34.9 Å². The van der Waals surface area contributed by atoms with Crippen LogP contribution < -0.4 is 0 Å². The summed E-state index contributed by atoms with van der Waals surface area (Å²) >= 11 is 5.89. The number of amidine groups is 1. The van der Waals surface area contributed by atoms with Crippen LogP contribution in [-0.4, -0.2) is 23.5 Å². The molecular formula is C13H15ClN2O. The number of hydrogen-bond donors (Lipinski definition) is 1. The molecule has 0 aliphatic carbocycles. The fourth-order valence-corrected chi connectivity index (χ4v) is 2.86. The zero-order valence-electron chi connectivity index (χ0n) is 9.53. The molecule has 0 unspecified atom stereocenters. The molecule has 1 aromatic rings. The van der Waals surface area contributed by atoms with Gasteiger partial charge in [0.2, 0.25) is 0 Å². The summed E-state index contributed by atoms with van der Waals surface area (Å²) in [5.41, 5.74) is 1.12. The van der Waals surface area contributed by atoms with Crippen molar-refractivity contribution in [1.82, 2.24) is 4.90 Å². The topological polar surface area (TPSA) is 36.3 Å². The van der Waals surface area contributed by atoms with E-state index in [9.17, 15) is 0 Å². The van der Waals surface area contributed by atoms with E-state index in [1.54, 1.807) is 0 Å². The van der Waals surface area contributed by atoms with Crippen molar-refractivity contribution >= 4 is 17.6 Å². The molecule has 0 radical (unpaired) electrons. The SMILES string of the molecule is N=C1O[C@H](c2ccc(Cl)cc2)[C@H]2CCCCN12. The Balaban J connectivity index is 1.88. The van der Waals surface area contributed by atoms with Gasteiger partial charge >= 0.3 is 0 Å². The minimum absolute atomic E-state index is 0.0000617. The van der Waals surface area contributed by atoms with Gasteiger partial charge < -0.3 is 9.64 Å². The largest absolute Gasteiger partial charge is 0.455 e. The molecule has 3 rings (SSSR count). The first-order valence-electron chi connectivity index (χ1n) is 6.03. The third-order valence-electron chi connectivity index (χ3n) is 3.60. The Labute approximate surface area is 106 Å². The quantitative estimate of drug-likeness (QED) is 0.831. The zero-order chi connectivity index (χ0) is 11.8. The molecule has 0 saturated carbocycles. The van der Waals surface area contributed by atoms with E-state index in [2.05, 4.69) is 4.90 Å². The lowest BCUT2D eigenvalue weighted by Crippen LogP contribution is -2.38. The van der Waals surface area contributed by atoms with Crippen LogP contribution in [0.2, 0.25) is 5.02 Å². The van der Waals surface area contributed by atoms with Crippen molar-refractivity contribution in [3.8, 4) is 0 Å². The highest BCUT2D eigenvalue weighted by Gasteiger charge is 2.41. The maximum atomic E-state index is 7.87. The molecule has 0 bridgehead atoms. The summed E-state index contributed by atoms with van der Waals surface area (Å²) in [5, 5.41) is 8.61. The van der Waals surface area contributed by atoms with Crippen LogP contribution >= 0.6 is 11.6 Å². The van der Waals surface area contributed by atoms with Crippen LogP contribution in [-0.2, 0) is 4.74 Å². The van der Waals surface area contributed by atoms with Crippen molar-refractivity contribution in [3.63, 3.8) is 0 Å². The number of hydrogen-bond acceptors (Lipinski definition) is 2. The van der Waals surface area contributed by atoms with E-state index in [-0.39, 0.29) is 6.10 Å². The Bertz CT molecular complexity index is 432. The van der Waals surface area contributed by atoms with Gasteiger partial charge in [-0.2, -0.15) is 0 Å². The Morgan fingerprint density at radius 2 is 2.00 bits per heavy atom. The zero-order valence-corrected chi connectivity index (χ0v) is 10.3. The summed E-state index contributed by atoms with van der Waals surface area (Å²) < 4.78 is 5.70. The average molecular weight is 251 g/mol. The standard InChI is InChI=1S/C13H15ClN2O/c14-10-6-4-9(5-7-10)12-11-3-1-2-8-16(11)13(15)17-12/h4-7,11-12,15H,1-3,8H2/t11-,12-/m1/s1. The van der Waals surface area contributed by atoms with Gasteiger partial charge in [0, 0.05) is 11.6 Å². The lowest BCUT2D eigenvalue weighted by molar-refractivity contribution is 0.167. The van der Waals surface area contributed by atoms with Crippen molar-refractivity contribution < 1.29 is 4.74 Å². The summed E-state index contributed by atoms with van der Waals surface area (Å²) in [6.07, 6.45) is 3.49. The van der Waals surface area contributed by atoms with Gasteiger partial charge in [0.05, 0.1) is 6.04 Å². The first-order valence-corrected chi connectivity index (χ1v) is 6.41. The van der Waals surface area contributed by atoms with Gasteiger partial charge in [-0.25, -0.2) is 0 Å². The highest BCUT2D eigenvalue weighted by molar-refractivity contribution is 6.30. The minimum atomic E-state index is 0.0000617. The highest BCUT2D eigenvalue weighted by atomic mass is 35.5. The average Bonchev–Trinajstić information content (AvgIpc) is 2.69. The van der Waals surface area contributed by atoms with Gasteiger partial charge in [0.25, 0.3) is 6.02 Å². The second-order valence-electron chi connectivity index (χ2n) is 4.65. The molecule has 4 heteroatoms. The van der Waals surface area contributed by atoms with Crippen molar-refractivity contribution in [1.29, 1.82) is 5.41 Å². The van der Waals surface area contributed by atoms with Gasteiger partial charge in [-0.05, 0) is 37.0 Å². The summed E-state index contributed by atoms with van der Waals surface area (Å²) in [6, 6.07) is 8.42. The molecule has 90 valence electrons. The third kappa shape index (κ3) is 1.89. The first kappa shape index (κ1) is 10.9. The number of fused-ring (bicyclic) bond motifs is 1. The third-order valence-corrected chi connectivity index (χ3v) is 3.85. The lowest BCUT2D eigenvalue weighted by Gasteiger charge is -2.29. The number of rotatable bonds is 1. The number of ether oxygens (including phenoxy) is 1. The van der Waals surface area contributed by atoms with Gasteiger partial charge in [0.1, 0.15) is 6.10 Å². The normalized spacial score (nSPS) is 27.8. The van der Waals surface area contributed by atoms with Gasteiger partial charge in [-0.1, -0.05) is 23.7 Å². The van der Waals surface area contributed by atoms with Crippen LogP contribution in [0.5, 0.6) is 0 Å². The summed E-state index contributed by atoms with van der Waals surface area (Å²) in [4.78, 5) is 2.09. The molecular weight excluding hydrogens is 236 g/mol. The van der Waals surface area contributed by atoms with Crippen LogP contribution in [0.15, 0.2) is 24.3 Å². The van der Waals surface area contributed by atoms with Crippen LogP contribution in [0.4, 0.5) is 0 Å². The van der Waals surface area contributed by atoms with E-state index < -0.39 is 0 Å². The Hall–Kier alpha value is -1.22. The Morgan fingerprint density at radius 1 is 1.24 bits per heavy atom. The van der Waals surface area contributed by atoms with E-state index >= 15 is 0 Å². The van der Waals surface area contributed by atoms with E-state index in [1.165, 1.54) is 6.42 Å². The molecule has 2 saturated heterocycles. The van der Waals surface area contributed by atoms with Crippen molar-refractivity contribution in [2.24, 2.45) is 0 Å². The van der Waals surface area contributed by atoms with Crippen LogP contribution in [0.1, 0.15) is 30.9 Å². The molecule has 2 heterocycles. The number of nitrogens with one attached hydrogen (secondary N) is 1. The predicted octanol–water partition coefficient (Wildman–Crippen LogP) is 3.20. The second-order valence-corrected chi connectivity index (χ2v) is 5.09.